The SMILES string of the molecule is CCCNC(c1ccc(F)c(C)c1)C1CCC(CC)C1. The van der Waals surface area contributed by atoms with Crippen LogP contribution in [0.1, 0.15) is 63.1 Å². The minimum absolute atomic E-state index is 0.0964. The summed E-state index contributed by atoms with van der Waals surface area (Å²) >= 11 is 0. The monoisotopic (exact) mass is 277 g/mol. The molecule has 112 valence electrons. The van der Waals surface area contributed by atoms with Gasteiger partial charge in [-0.2, -0.15) is 0 Å². The van der Waals surface area contributed by atoms with Crippen molar-refractivity contribution in [1.29, 1.82) is 0 Å². The quantitative estimate of drug-likeness (QED) is 0.771. The first-order valence-corrected chi connectivity index (χ1v) is 8.15. The number of benzene rings is 1. The Morgan fingerprint density at radius 3 is 2.70 bits per heavy atom. The zero-order chi connectivity index (χ0) is 14.5. The lowest BCUT2D eigenvalue weighted by molar-refractivity contribution is 0.353. The van der Waals surface area contributed by atoms with E-state index in [1.807, 2.05) is 19.1 Å². The van der Waals surface area contributed by atoms with Crippen LogP contribution in [0.2, 0.25) is 0 Å². The summed E-state index contributed by atoms with van der Waals surface area (Å²) in [7, 11) is 0. The third-order valence-corrected chi connectivity index (χ3v) is 4.79. The van der Waals surface area contributed by atoms with E-state index in [9.17, 15) is 4.39 Å². The maximum Gasteiger partial charge on any atom is 0.126 e. The molecule has 0 radical (unpaired) electrons. The van der Waals surface area contributed by atoms with Crippen LogP contribution < -0.4 is 5.32 Å². The van der Waals surface area contributed by atoms with Crippen molar-refractivity contribution < 1.29 is 4.39 Å². The van der Waals surface area contributed by atoms with E-state index < -0.39 is 0 Å². The molecule has 3 atom stereocenters. The van der Waals surface area contributed by atoms with E-state index in [-0.39, 0.29) is 5.82 Å². The van der Waals surface area contributed by atoms with Gasteiger partial charge in [-0.15, -0.1) is 0 Å². The lowest BCUT2D eigenvalue weighted by atomic mass is 9.89. The van der Waals surface area contributed by atoms with Crippen LogP contribution in [0, 0.1) is 24.6 Å². The summed E-state index contributed by atoms with van der Waals surface area (Å²) < 4.78 is 13.5. The smallest absolute Gasteiger partial charge is 0.126 e. The fraction of sp³-hybridized carbons (Fsp3) is 0.667. The van der Waals surface area contributed by atoms with Crippen molar-refractivity contribution in [2.75, 3.05) is 6.54 Å². The summed E-state index contributed by atoms with van der Waals surface area (Å²) in [5.74, 6) is 1.49. The summed E-state index contributed by atoms with van der Waals surface area (Å²) in [6.07, 6.45) is 6.40. The van der Waals surface area contributed by atoms with E-state index >= 15 is 0 Å². The minimum Gasteiger partial charge on any atom is -0.310 e. The molecule has 1 aliphatic rings. The molecule has 0 amide bonds. The first-order valence-electron chi connectivity index (χ1n) is 8.15. The third kappa shape index (κ3) is 3.60. The molecule has 2 heteroatoms. The number of nitrogens with one attached hydrogen (secondary N) is 1. The second-order valence-electron chi connectivity index (χ2n) is 6.29. The zero-order valence-corrected chi connectivity index (χ0v) is 13.1. The summed E-state index contributed by atoms with van der Waals surface area (Å²) in [4.78, 5) is 0. The molecule has 1 aliphatic carbocycles. The second-order valence-corrected chi connectivity index (χ2v) is 6.29. The molecule has 1 aromatic rings. The van der Waals surface area contributed by atoms with E-state index in [0.717, 1.165) is 24.4 Å². The van der Waals surface area contributed by atoms with Crippen LogP contribution in [-0.2, 0) is 0 Å². The van der Waals surface area contributed by atoms with Gasteiger partial charge in [-0.05, 0) is 61.8 Å². The maximum atomic E-state index is 13.5. The van der Waals surface area contributed by atoms with Crippen molar-refractivity contribution in [3.05, 3.63) is 35.1 Å². The Labute approximate surface area is 123 Å². The van der Waals surface area contributed by atoms with Crippen LogP contribution in [0.15, 0.2) is 18.2 Å². The van der Waals surface area contributed by atoms with Crippen molar-refractivity contribution in [2.45, 2.75) is 58.9 Å². The van der Waals surface area contributed by atoms with Crippen LogP contribution in [0.3, 0.4) is 0 Å². The molecule has 0 bridgehead atoms. The lowest BCUT2D eigenvalue weighted by Crippen LogP contribution is -2.28. The van der Waals surface area contributed by atoms with Gasteiger partial charge in [0.1, 0.15) is 5.82 Å². The predicted octanol–water partition coefficient (Wildman–Crippen LogP) is 5.00. The fourth-order valence-electron chi connectivity index (χ4n) is 3.51. The average Bonchev–Trinajstić information content (AvgIpc) is 2.92. The molecule has 0 saturated heterocycles. The van der Waals surface area contributed by atoms with Gasteiger partial charge < -0.3 is 5.32 Å². The molecular formula is C18H28FN. The Morgan fingerprint density at radius 2 is 2.10 bits per heavy atom. The molecule has 20 heavy (non-hydrogen) atoms. The Hall–Kier alpha value is -0.890. The van der Waals surface area contributed by atoms with Gasteiger partial charge in [0.2, 0.25) is 0 Å². The van der Waals surface area contributed by atoms with Gasteiger partial charge in [0, 0.05) is 6.04 Å². The molecule has 0 spiro atoms. The number of hydrogen-bond donors (Lipinski definition) is 1. The van der Waals surface area contributed by atoms with Crippen LogP contribution in [-0.4, -0.2) is 6.54 Å². The average molecular weight is 277 g/mol. The van der Waals surface area contributed by atoms with Gasteiger partial charge in [-0.25, -0.2) is 4.39 Å². The normalized spacial score (nSPS) is 24.0. The van der Waals surface area contributed by atoms with Gasteiger partial charge in [-0.1, -0.05) is 38.8 Å². The summed E-state index contributed by atoms with van der Waals surface area (Å²) in [5.41, 5.74) is 2.02. The number of aryl methyl sites for hydroxylation is 1. The van der Waals surface area contributed by atoms with Gasteiger partial charge in [-0.3, -0.25) is 0 Å². The van der Waals surface area contributed by atoms with Crippen LogP contribution in [0.5, 0.6) is 0 Å². The summed E-state index contributed by atoms with van der Waals surface area (Å²) in [5, 5.41) is 3.70. The van der Waals surface area contributed by atoms with Crippen molar-refractivity contribution in [3.63, 3.8) is 0 Å². The number of hydrogen-bond acceptors (Lipinski definition) is 1. The molecule has 2 rings (SSSR count). The highest BCUT2D eigenvalue weighted by Gasteiger charge is 2.30. The topological polar surface area (TPSA) is 12.0 Å². The first-order chi connectivity index (χ1) is 9.65. The van der Waals surface area contributed by atoms with Crippen molar-refractivity contribution in [3.8, 4) is 0 Å². The Kier molecular flexibility index (Phi) is 5.59. The van der Waals surface area contributed by atoms with Gasteiger partial charge in [0.05, 0.1) is 0 Å². The molecule has 1 fully saturated rings. The fourth-order valence-corrected chi connectivity index (χ4v) is 3.51. The first kappa shape index (κ1) is 15.5. The molecular weight excluding hydrogens is 249 g/mol. The molecule has 1 saturated carbocycles. The van der Waals surface area contributed by atoms with Crippen molar-refractivity contribution in [1.82, 2.24) is 5.32 Å². The van der Waals surface area contributed by atoms with Crippen molar-refractivity contribution in [2.24, 2.45) is 11.8 Å². The van der Waals surface area contributed by atoms with E-state index in [4.69, 9.17) is 0 Å². The Balaban J connectivity index is 2.16. The Bertz CT molecular complexity index is 429. The molecule has 0 aromatic heterocycles. The number of halogens is 1. The third-order valence-electron chi connectivity index (χ3n) is 4.79. The van der Waals surface area contributed by atoms with Crippen LogP contribution >= 0.6 is 0 Å². The van der Waals surface area contributed by atoms with Crippen molar-refractivity contribution >= 4 is 0 Å². The van der Waals surface area contributed by atoms with Gasteiger partial charge >= 0.3 is 0 Å². The zero-order valence-electron chi connectivity index (χ0n) is 13.1. The maximum absolute atomic E-state index is 13.5. The van der Waals surface area contributed by atoms with Gasteiger partial charge in [0.15, 0.2) is 0 Å². The van der Waals surface area contributed by atoms with Crippen LogP contribution in [0.4, 0.5) is 4.39 Å². The largest absolute Gasteiger partial charge is 0.310 e. The minimum atomic E-state index is -0.0964. The molecule has 1 aromatic carbocycles. The molecule has 0 aliphatic heterocycles. The molecule has 0 heterocycles. The van der Waals surface area contributed by atoms with E-state index in [1.54, 1.807) is 6.07 Å². The highest BCUT2D eigenvalue weighted by Crippen LogP contribution is 2.40. The predicted molar refractivity (Wildman–Crippen MR) is 83.3 cm³/mol. The number of rotatable bonds is 6. The molecule has 1 nitrogen and oxygen atoms in total. The van der Waals surface area contributed by atoms with E-state index in [2.05, 4.69) is 19.2 Å². The molecule has 3 unspecified atom stereocenters. The highest BCUT2D eigenvalue weighted by molar-refractivity contribution is 5.27. The summed E-state index contributed by atoms with van der Waals surface area (Å²) in [6.45, 7) is 7.39. The van der Waals surface area contributed by atoms with Crippen LogP contribution in [0.25, 0.3) is 0 Å². The lowest BCUT2D eigenvalue weighted by Gasteiger charge is -2.26. The standard InChI is InChI=1S/C18H28FN/c1-4-10-20-18(16-7-6-14(5-2)12-16)15-8-9-17(19)13(3)11-15/h8-9,11,14,16,18,20H,4-7,10,12H2,1-3H3. The molecule has 1 N–H and O–H groups in total. The van der Waals surface area contributed by atoms with Gasteiger partial charge in [0.25, 0.3) is 0 Å². The second kappa shape index (κ2) is 7.21. The summed E-state index contributed by atoms with van der Waals surface area (Å²) in [6, 6.07) is 6.01. The van der Waals surface area contributed by atoms with E-state index in [1.165, 1.54) is 31.2 Å². The highest BCUT2D eigenvalue weighted by atomic mass is 19.1. The van der Waals surface area contributed by atoms with E-state index in [0.29, 0.717) is 12.0 Å². The Morgan fingerprint density at radius 1 is 1.30 bits per heavy atom.